The topological polar surface area (TPSA) is 58.6 Å². The molecule has 0 aromatic rings. The third kappa shape index (κ3) is 6.52. The molecule has 0 saturated carbocycles. The molecule has 0 aliphatic carbocycles. The first-order valence-corrected chi connectivity index (χ1v) is 6.58. The number of phosphoric ester groups is 1. The highest BCUT2D eigenvalue weighted by Crippen LogP contribution is 2.38. The van der Waals surface area contributed by atoms with E-state index in [1.165, 1.54) is 0 Å². The van der Waals surface area contributed by atoms with E-state index < -0.39 is 7.82 Å². The van der Waals surface area contributed by atoms with Crippen molar-refractivity contribution in [3.05, 3.63) is 0 Å². The molecule has 1 unspecified atom stereocenters. The number of hydrogen-bond donors (Lipinski definition) is 0. The second-order valence-corrected chi connectivity index (χ2v) is 6.21. The van der Waals surface area contributed by atoms with E-state index >= 15 is 0 Å². The average molecular weight is 227 g/mol. The van der Waals surface area contributed by atoms with Gasteiger partial charge >= 0.3 is 0 Å². The van der Waals surface area contributed by atoms with Gasteiger partial charge in [0.2, 0.25) is 0 Å². The van der Waals surface area contributed by atoms with Gasteiger partial charge in [-0.05, 0) is 12.7 Å². The van der Waals surface area contributed by atoms with E-state index in [1.807, 2.05) is 20.1 Å². The van der Waals surface area contributed by atoms with Crippen molar-refractivity contribution in [1.82, 2.24) is 0 Å². The van der Waals surface area contributed by atoms with Gasteiger partial charge in [-0.1, -0.05) is 13.8 Å². The monoisotopic (exact) mass is 227 g/mol. The maximum Gasteiger partial charge on any atom is 0.267 e. The Balaban J connectivity index is 3.74. The number of rotatable bonds is 6. The van der Waals surface area contributed by atoms with Crippen molar-refractivity contribution >= 4 is 19.6 Å². The second-order valence-electron chi connectivity index (χ2n) is 3.18. The van der Waals surface area contributed by atoms with Gasteiger partial charge in [0.25, 0.3) is 7.82 Å². The van der Waals surface area contributed by atoms with Gasteiger partial charge in [0, 0.05) is 11.9 Å². The molecule has 6 heteroatoms. The molecule has 0 amide bonds. The summed E-state index contributed by atoms with van der Waals surface area (Å²) in [5, 5.41) is 0. The highest BCUT2D eigenvalue weighted by atomic mass is 32.2. The van der Waals surface area contributed by atoms with Gasteiger partial charge in [0.1, 0.15) is 0 Å². The molecule has 0 rings (SSSR count). The van der Waals surface area contributed by atoms with Crippen LogP contribution in [0.2, 0.25) is 0 Å². The largest absolute Gasteiger partial charge is 0.756 e. The average Bonchev–Trinajstić information content (AvgIpc) is 2.04. The molecule has 0 bridgehead atoms. The third-order valence-electron chi connectivity index (χ3n) is 1.73. The van der Waals surface area contributed by atoms with Crippen molar-refractivity contribution in [3.63, 3.8) is 0 Å². The molecule has 0 fully saturated rings. The highest BCUT2D eigenvalue weighted by molar-refractivity contribution is 7.99. The quantitative estimate of drug-likeness (QED) is 0.646. The van der Waals surface area contributed by atoms with Crippen LogP contribution >= 0.6 is 19.6 Å². The van der Waals surface area contributed by atoms with Gasteiger partial charge in [-0.2, -0.15) is 11.8 Å². The van der Waals surface area contributed by atoms with Gasteiger partial charge < -0.3 is 13.9 Å². The summed E-state index contributed by atoms with van der Waals surface area (Å²) in [6, 6.07) is 0. The fourth-order valence-corrected chi connectivity index (χ4v) is 1.27. The first-order valence-electron chi connectivity index (χ1n) is 3.89. The molecular formula is C7H16O4PS-. The minimum Gasteiger partial charge on any atom is -0.756 e. The van der Waals surface area contributed by atoms with Crippen LogP contribution in [0.4, 0.5) is 0 Å². The maximum absolute atomic E-state index is 10.8. The van der Waals surface area contributed by atoms with Gasteiger partial charge in [-0.15, -0.1) is 0 Å². The Kier molecular flexibility index (Phi) is 5.56. The molecule has 0 aromatic heterocycles. The molecule has 0 radical (unpaired) electrons. The molecule has 0 N–H and O–H groups in total. The van der Waals surface area contributed by atoms with Crippen LogP contribution in [0.5, 0.6) is 0 Å². The van der Waals surface area contributed by atoms with Crippen LogP contribution in [0, 0.1) is 0 Å². The lowest BCUT2D eigenvalue weighted by Gasteiger charge is -2.25. The molecule has 0 saturated heterocycles. The van der Waals surface area contributed by atoms with E-state index in [0.717, 1.165) is 7.11 Å². The molecule has 4 nitrogen and oxygen atoms in total. The van der Waals surface area contributed by atoms with Crippen LogP contribution in [0.15, 0.2) is 0 Å². The van der Waals surface area contributed by atoms with Crippen LogP contribution in [0.1, 0.15) is 20.3 Å². The van der Waals surface area contributed by atoms with Crippen LogP contribution in [0.25, 0.3) is 0 Å². The van der Waals surface area contributed by atoms with Crippen molar-refractivity contribution in [3.8, 4) is 0 Å². The Labute approximate surface area is 83.6 Å². The lowest BCUT2D eigenvalue weighted by molar-refractivity contribution is -0.223. The lowest BCUT2D eigenvalue weighted by atomic mass is 10.1. The van der Waals surface area contributed by atoms with E-state index in [1.54, 1.807) is 11.8 Å². The summed E-state index contributed by atoms with van der Waals surface area (Å²) in [5.41, 5.74) is 0. The van der Waals surface area contributed by atoms with Gasteiger partial charge in [-0.25, -0.2) is 0 Å². The predicted octanol–water partition coefficient (Wildman–Crippen LogP) is 1.65. The minimum atomic E-state index is -4.03. The summed E-state index contributed by atoms with van der Waals surface area (Å²) in [6.45, 7) is 4.23. The molecule has 0 aliphatic rings. The predicted molar refractivity (Wildman–Crippen MR) is 52.8 cm³/mol. The van der Waals surface area contributed by atoms with Crippen LogP contribution < -0.4 is 4.89 Å². The summed E-state index contributed by atoms with van der Waals surface area (Å²) in [5.74, 6) is 0. The van der Waals surface area contributed by atoms with Crippen molar-refractivity contribution in [2.75, 3.05) is 20.0 Å². The van der Waals surface area contributed by atoms with Crippen molar-refractivity contribution in [2.24, 2.45) is 0 Å². The van der Waals surface area contributed by atoms with E-state index in [9.17, 15) is 9.46 Å². The fourth-order valence-electron chi connectivity index (χ4n) is 0.558. The summed E-state index contributed by atoms with van der Waals surface area (Å²) >= 11 is 1.67. The molecule has 0 aliphatic heterocycles. The van der Waals surface area contributed by atoms with E-state index in [2.05, 4.69) is 9.05 Å². The SMILES string of the molecule is COP(=O)([O-])OCCC(C)(C)SC. The summed E-state index contributed by atoms with van der Waals surface area (Å²) in [7, 11) is -2.94. The third-order valence-corrected chi connectivity index (χ3v) is 3.99. The molecule has 80 valence electrons. The second kappa shape index (κ2) is 5.37. The van der Waals surface area contributed by atoms with E-state index in [-0.39, 0.29) is 11.4 Å². The molecule has 0 heterocycles. The lowest BCUT2D eigenvalue weighted by Crippen LogP contribution is -2.18. The molecule has 0 spiro atoms. The van der Waals surface area contributed by atoms with Gasteiger partial charge in [0.05, 0.1) is 6.61 Å². The van der Waals surface area contributed by atoms with Gasteiger partial charge in [0.15, 0.2) is 0 Å². The number of thioether (sulfide) groups is 1. The molecule has 1 atom stereocenters. The number of phosphoric acid groups is 1. The van der Waals surface area contributed by atoms with Crippen LogP contribution in [-0.2, 0) is 13.6 Å². The zero-order valence-electron chi connectivity index (χ0n) is 8.40. The van der Waals surface area contributed by atoms with E-state index in [4.69, 9.17) is 0 Å². The van der Waals surface area contributed by atoms with Crippen molar-refractivity contribution in [2.45, 2.75) is 25.0 Å². The first-order chi connectivity index (χ1) is 5.83. The van der Waals surface area contributed by atoms with Crippen molar-refractivity contribution < 1.29 is 18.5 Å². The van der Waals surface area contributed by atoms with Crippen LogP contribution in [0.3, 0.4) is 0 Å². The van der Waals surface area contributed by atoms with Crippen LogP contribution in [-0.4, -0.2) is 24.7 Å². The Hall–Kier alpha value is 0.460. The summed E-state index contributed by atoms with van der Waals surface area (Å²) in [4.78, 5) is 10.8. The van der Waals surface area contributed by atoms with Crippen molar-refractivity contribution in [1.29, 1.82) is 0 Å². The van der Waals surface area contributed by atoms with E-state index in [0.29, 0.717) is 6.42 Å². The maximum atomic E-state index is 10.8. The standard InChI is InChI=1S/C7H17O4PS/c1-7(2,13-4)5-6-11-12(8,9)10-3/h5-6H2,1-4H3,(H,8,9)/p-1. The minimum absolute atomic E-state index is 0.0355. The normalized spacial score (nSPS) is 17.0. The fraction of sp³-hybridized carbons (Fsp3) is 1.00. The Morgan fingerprint density at radius 2 is 2.08 bits per heavy atom. The Morgan fingerprint density at radius 3 is 2.46 bits per heavy atom. The Bertz CT molecular complexity index is 195. The first kappa shape index (κ1) is 13.5. The molecular weight excluding hydrogens is 211 g/mol. The van der Waals surface area contributed by atoms with Gasteiger partial charge in [-0.3, -0.25) is 4.57 Å². The highest BCUT2D eigenvalue weighted by Gasteiger charge is 2.17. The smallest absolute Gasteiger partial charge is 0.267 e. The Morgan fingerprint density at radius 1 is 1.54 bits per heavy atom. The summed E-state index contributed by atoms with van der Waals surface area (Å²) in [6.07, 6.45) is 2.65. The molecule has 0 aromatic carbocycles. The number of hydrogen-bond acceptors (Lipinski definition) is 5. The zero-order chi connectivity index (χ0) is 10.5. The molecule has 13 heavy (non-hydrogen) atoms. The summed E-state index contributed by atoms with van der Waals surface area (Å²) < 4.78 is 19.5. The zero-order valence-corrected chi connectivity index (χ0v) is 10.1.